The van der Waals surface area contributed by atoms with Gasteiger partial charge in [-0.05, 0) is 6.92 Å². The van der Waals surface area contributed by atoms with Gasteiger partial charge in [-0.1, -0.05) is 0 Å². The summed E-state index contributed by atoms with van der Waals surface area (Å²) in [6.45, 7) is 5.10. The first kappa shape index (κ1) is 25.9. The fraction of sp³-hybridized carbons (Fsp3) is 0.565. The number of nitrogens with zero attached hydrogens (tertiary/aromatic N) is 9. The maximum atomic E-state index is 13.9. The molecule has 2 aliphatic heterocycles. The first-order valence-electron chi connectivity index (χ1n) is 12.3. The van der Waals surface area contributed by atoms with Gasteiger partial charge in [0.15, 0.2) is 22.8 Å². The number of rotatable bonds is 5. The van der Waals surface area contributed by atoms with E-state index in [1.54, 1.807) is 16.8 Å². The third-order valence-corrected chi connectivity index (χ3v) is 6.65. The Kier molecular flexibility index (Phi) is 6.94. The SMILES string of the molecule is CNc1ncc(-c2nc(N3CCOCC3)c3nc(N4CCN(C(C)=O)C(C)C4)n(CC(F)(F)F)c3n2)cn1. The fourth-order valence-electron chi connectivity index (χ4n) is 4.85. The highest BCUT2D eigenvalue weighted by atomic mass is 19.4. The molecule has 0 saturated carbocycles. The Morgan fingerprint density at radius 1 is 1.08 bits per heavy atom. The number of anilines is 3. The van der Waals surface area contributed by atoms with E-state index in [2.05, 4.69) is 20.3 Å². The second kappa shape index (κ2) is 10.2. The quantitative estimate of drug-likeness (QED) is 0.519. The van der Waals surface area contributed by atoms with Crippen molar-refractivity contribution in [1.29, 1.82) is 0 Å². The summed E-state index contributed by atoms with van der Waals surface area (Å²) in [7, 11) is 1.68. The summed E-state index contributed by atoms with van der Waals surface area (Å²) in [6, 6.07) is -0.191. The number of hydrogen-bond acceptors (Lipinski definition) is 10. The van der Waals surface area contributed by atoms with Gasteiger partial charge in [-0.3, -0.25) is 9.36 Å². The number of piperazine rings is 1. The normalized spacial score (nSPS) is 18.8. The van der Waals surface area contributed by atoms with Crippen LogP contribution in [0, 0.1) is 0 Å². The molecule has 0 spiro atoms. The lowest BCUT2D eigenvalue weighted by Gasteiger charge is -2.40. The molecule has 5 rings (SSSR count). The van der Waals surface area contributed by atoms with Crippen LogP contribution in [0.15, 0.2) is 12.4 Å². The third kappa shape index (κ3) is 5.14. The minimum Gasteiger partial charge on any atom is -0.378 e. The summed E-state index contributed by atoms with van der Waals surface area (Å²) >= 11 is 0. The number of hydrogen-bond donors (Lipinski definition) is 1. The van der Waals surface area contributed by atoms with Crippen LogP contribution in [0.25, 0.3) is 22.6 Å². The predicted molar refractivity (Wildman–Crippen MR) is 134 cm³/mol. The van der Waals surface area contributed by atoms with Crippen molar-refractivity contribution < 1.29 is 22.7 Å². The van der Waals surface area contributed by atoms with E-state index in [9.17, 15) is 18.0 Å². The van der Waals surface area contributed by atoms with Gasteiger partial charge in [-0.15, -0.1) is 0 Å². The highest BCUT2D eigenvalue weighted by molar-refractivity contribution is 5.88. The monoisotopic (exact) mass is 534 g/mol. The standard InChI is InChI=1S/C23H29F3N10O2/c1-14-12-34(4-5-35(14)15(2)37)22-30-17-19(33-6-8-38-9-7-33)31-18(16-10-28-21(27-3)29-11-16)32-20(17)36(22)13-23(24,25)26/h10-11,14H,4-9,12-13H2,1-3H3,(H,27,28,29). The molecule has 0 aliphatic carbocycles. The highest BCUT2D eigenvalue weighted by Crippen LogP contribution is 2.34. The van der Waals surface area contributed by atoms with Crippen LogP contribution in [0.4, 0.5) is 30.9 Å². The Hall–Kier alpha value is -3.75. The van der Waals surface area contributed by atoms with E-state index in [1.807, 2.05) is 11.8 Å². The molecule has 38 heavy (non-hydrogen) atoms. The number of amides is 1. The smallest absolute Gasteiger partial charge is 0.378 e. The maximum Gasteiger partial charge on any atom is 0.406 e. The summed E-state index contributed by atoms with van der Waals surface area (Å²) in [5.74, 6) is 1.11. The van der Waals surface area contributed by atoms with Gasteiger partial charge in [0.05, 0.1) is 18.8 Å². The zero-order valence-electron chi connectivity index (χ0n) is 21.4. The second-order valence-electron chi connectivity index (χ2n) is 9.31. The van der Waals surface area contributed by atoms with E-state index in [4.69, 9.17) is 14.7 Å². The van der Waals surface area contributed by atoms with Crippen LogP contribution in [-0.2, 0) is 16.1 Å². The summed E-state index contributed by atoms with van der Waals surface area (Å²) in [4.78, 5) is 39.8. The number of morpholine rings is 1. The number of aromatic nitrogens is 6. The number of imidazole rings is 1. The fourth-order valence-corrected chi connectivity index (χ4v) is 4.85. The predicted octanol–water partition coefficient (Wildman–Crippen LogP) is 1.78. The topological polar surface area (TPSA) is 117 Å². The van der Waals surface area contributed by atoms with Gasteiger partial charge in [0.25, 0.3) is 0 Å². The van der Waals surface area contributed by atoms with Crippen LogP contribution in [0.1, 0.15) is 13.8 Å². The number of carbonyl (C=O) groups excluding carboxylic acids is 1. The highest BCUT2D eigenvalue weighted by Gasteiger charge is 2.35. The zero-order chi connectivity index (χ0) is 27.0. The van der Waals surface area contributed by atoms with Crippen molar-refractivity contribution >= 4 is 34.8 Å². The lowest BCUT2D eigenvalue weighted by atomic mass is 10.2. The first-order chi connectivity index (χ1) is 18.1. The van der Waals surface area contributed by atoms with Crippen LogP contribution in [0.3, 0.4) is 0 Å². The Labute approximate surface area is 216 Å². The van der Waals surface area contributed by atoms with Crippen molar-refractivity contribution in [2.75, 3.05) is 68.1 Å². The van der Waals surface area contributed by atoms with Crippen molar-refractivity contribution in [3.8, 4) is 11.4 Å². The van der Waals surface area contributed by atoms with E-state index in [0.29, 0.717) is 63.3 Å². The number of ether oxygens (including phenoxy) is 1. The van der Waals surface area contributed by atoms with Crippen molar-refractivity contribution in [2.24, 2.45) is 0 Å². The molecule has 1 unspecified atom stereocenters. The molecule has 2 aliphatic rings. The van der Waals surface area contributed by atoms with E-state index < -0.39 is 12.7 Å². The van der Waals surface area contributed by atoms with Crippen molar-refractivity contribution in [2.45, 2.75) is 32.6 Å². The van der Waals surface area contributed by atoms with E-state index in [1.165, 1.54) is 19.3 Å². The minimum atomic E-state index is -4.52. The molecule has 2 saturated heterocycles. The Morgan fingerprint density at radius 3 is 2.39 bits per heavy atom. The van der Waals surface area contributed by atoms with Crippen LogP contribution in [0.2, 0.25) is 0 Å². The minimum absolute atomic E-state index is 0.0717. The molecule has 3 aromatic rings. The summed E-state index contributed by atoms with van der Waals surface area (Å²) in [6.07, 6.45) is -1.47. The molecule has 15 heteroatoms. The van der Waals surface area contributed by atoms with E-state index >= 15 is 0 Å². The van der Waals surface area contributed by atoms with Crippen LogP contribution in [0.5, 0.6) is 0 Å². The molecule has 1 N–H and O–H groups in total. The Morgan fingerprint density at radius 2 is 1.79 bits per heavy atom. The van der Waals surface area contributed by atoms with Gasteiger partial charge in [0.2, 0.25) is 17.8 Å². The number of alkyl halides is 3. The molecule has 5 heterocycles. The number of carbonyl (C=O) groups is 1. The number of nitrogens with one attached hydrogen (secondary N) is 1. The summed E-state index contributed by atoms with van der Waals surface area (Å²) < 4.78 is 48.2. The molecule has 1 amide bonds. The molecule has 0 bridgehead atoms. The van der Waals surface area contributed by atoms with Crippen LogP contribution >= 0.6 is 0 Å². The number of fused-ring (bicyclic) bond motifs is 1. The molecule has 3 aromatic heterocycles. The molecule has 0 aromatic carbocycles. The van der Waals surface area contributed by atoms with Gasteiger partial charge in [-0.25, -0.2) is 24.9 Å². The summed E-state index contributed by atoms with van der Waals surface area (Å²) in [5.41, 5.74) is 0.817. The zero-order valence-corrected chi connectivity index (χ0v) is 21.4. The molecule has 1 atom stereocenters. The van der Waals surface area contributed by atoms with Gasteiger partial charge in [-0.2, -0.15) is 13.2 Å². The Balaban J connectivity index is 1.67. The van der Waals surface area contributed by atoms with Gasteiger partial charge >= 0.3 is 6.18 Å². The van der Waals surface area contributed by atoms with Crippen molar-refractivity contribution in [3.05, 3.63) is 12.4 Å². The second-order valence-corrected chi connectivity index (χ2v) is 9.31. The summed E-state index contributed by atoms with van der Waals surface area (Å²) in [5, 5.41) is 2.83. The Bertz CT molecular complexity index is 1310. The lowest BCUT2D eigenvalue weighted by Crippen LogP contribution is -2.54. The van der Waals surface area contributed by atoms with Gasteiger partial charge in [0.1, 0.15) is 6.54 Å². The van der Waals surface area contributed by atoms with Gasteiger partial charge < -0.3 is 24.8 Å². The van der Waals surface area contributed by atoms with Crippen molar-refractivity contribution in [3.63, 3.8) is 0 Å². The number of halogens is 3. The molecule has 2 fully saturated rings. The van der Waals surface area contributed by atoms with Crippen LogP contribution in [-0.4, -0.2) is 105 Å². The molecule has 204 valence electrons. The van der Waals surface area contributed by atoms with E-state index in [-0.39, 0.29) is 34.9 Å². The third-order valence-electron chi connectivity index (χ3n) is 6.65. The molecule has 0 radical (unpaired) electrons. The molecule has 12 nitrogen and oxygen atoms in total. The largest absolute Gasteiger partial charge is 0.406 e. The average Bonchev–Trinajstić information content (AvgIpc) is 3.25. The lowest BCUT2D eigenvalue weighted by molar-refractivity contribution is -0.139. The van der Waals surface area contributed by atoms with Crippen LogP contribution < -0.4 is 15.1 Å². The first-order valence-corrected chi connectivity index (χ1v) is 12.3. The van der Waals surface area contributed by atoms with Crippen molar-refractivity contribution in [1.82, 2.24) is 34.4 Å². The maximum absolute atomic E-state index is 13.9. The average molecular weight is 535 g/mol. The van der Waals surface area contributed by atoms with Gasteiger partial charge in [0, 0.05) is 65.1 Å². The molecular formula is C23H29F3N10O2. The molecular weight excluding hydrogens is 505 g/mol. The van der Waals surface area contributed by atoms with E-state index in [0.717, 1.165) is 4.57 Å².